The molecule has 1 aliphatic carbocycles. The van der Waals surface area contributed by atoms with Crippen LogP contribution in [0.15, 0.2) is 35.0 Å². The average Bonchev–Trinajstić information content (AvgIpc) is 3.29. The summed E-state index contributed by atoms with van der Waals surface area (Å²) in [5, 5.41) is 8.59. The second-order valence-corrected chi connectivity index (χ2v) is 7.06. The summed E-state index contributed by atoms with van der Waals surface area (Å²) in [6, 6.07) is 8.69. The highest BCUT2D eigenvalue weighted by Crippen LogP contribution is 2.33. The number of benzene rings is 1. The molecule has 0 fully saturated rings. The van der Waals surface area contributed by atoms with Crippen LogP contribution in [0.3, 0.4) is 0 Å². The Labute approximate surface area is 153 Å². The predicted octanol–water partition coefficient (Wildman–Crippen LogP) is 3.54. The number of hydrogen-bond donors (Lipinski definition) is 0. The van der Waals surface area contributed by atoms with Gasteiger partial charge in [0.25, 0.3) is 0 Å². The highest BCUT2D eigenvalue weighted by molar-refractivity contribution is 5.54. The van der Waals surface area contributed by atoms with E-state index >= 15 is 0 Å². The molecule has 0 radical (unpaired) electrons. The Morgan fingerprint density at radius 3 is 2.85 bits per heavy atom. The van der Waals surface area contributed by atoms with Crippen molar-refractivity contribution in [3.05, 3.63) is 53.2 Å². The molecule has 0 N–H and O–H groups in total. The summed E-state index contributed by atoms with van der Waals surface area (Å²) >= 11 is 0. The van der Waals surface area contributed by atoms with Crippen molar-refractivity contribution in [2.45, 2.75) is 45.2 Å². The minimum Gasteiger partial charge on any atom is -0.338 e. The summed E-state index contributed by atoms with van der Waals surface area (Å²) in [5.74, 6) is 1.31. The monoisotopic (exact) mass is 351 g/mol. The number of rotatable bonds is 5. The largest absolute Gasteiger partial charge is 0.338 e. The van der Waals surface area contributed by atoms with E-state index in [2.05, 4.69) is 58.4 Å². The third kappa shape index (κ3) is 3.17. The van der Waals surface area contributed by atoms with Crippen LogP contribution in [-0.4, -0.2) is 31.9 Å². The van der Waals surface area contributed by atoms with E-state index < -0.39 is 0 Å². The van der Waals surface area contributed by atoms with Crippen LogP contribution < -0.4 is 0 Å². The molecule has 0 amide bonds. The van der Waals surface area contributed by atoms with Gasteiger partial charge in [0.05, 0.1) is 12.7 Å². The molecule has 2 heterocycles. The fraction of sp³-hybridized carbons (Fsp3) is 0.450. The summed E-state index contributed by atoms with van der Waals surface area (Å²) in [6.45, 7) is 2.79. The van der Waals surface area contributed by atoms with Crippen molar-refractivity contribution < 1.29 is 4.52 Å². The van der Waals surface area contributed by atoms with E-state index in [0.29, 0.717) is 24.3 Å². The Kier molecular flexibility index (Phi) is 4.59. The third-order valence-corrected chi connectivity index (χ3v) is 5.35. The van der Waals surface area contributed by atoms with Gasteiger partial charge in [0.2, 0.25) is 11.7 Å². The SMILES string of the molecule is CCc1ccc(-c2noc(CN(C)C3CCCc4c3cnn4C)n2)cc1. The van der Waals surface area contributed by atoms with Crippen LogP contribution in [0.1, 0.15) is 48.5 Å². The molecule has 0 saturated carbocycles. The molecule has 0 saturated heterocycles. The lowest BCUT2D eigenvalue weighted by Crippen LogP contribution is -2.27. The zero-order chi connectivity index (χ0) is 18.1. The highest BCUT2D eigenvalue weighted by atomic mass is 16.5. The van der Waals surface area contributed by atoms with Gasteiger partial charge in [0.15, 0.2) is 0 Å². The van der Waals surface area contributed by atoms with Crippen LogP contribution >= 0.6 is 0 Å². The Morgan fingerprint density at radius 2 is 2.08 bits per heavy atom. The lowest BCUT2D eigenvalue weighted by Gasteiger charge is -2.30. The Morgan fingerprint density at radius 1 is 1.27 bits per heavy atom. The average molecular weight is 351 g/mol. The van der Waals surface area contributed by atoms with E-state index in [1.54, 1.807) is 0 Å². The summed E-state index contributed by atoms with van der Waals surface area (Å²) < 4.78 is 7.51. The molecule has 1 atom stereocenters. The Hall–Kier alpha value is -2.47. The van der Waals surface area contributed by atoms with E-state index in [1.807, 2.05) is 17.9 Å². The Bertz CT molecular complexity index is 880. The van der Waals surface area contributed by atoms with Gasteiger partial charge in [-0.25, -0.2) is 0 Å². The molecule has 0 aliphatic heterocycles. The van der Waals surface area contributed by atoms with Gasteiger partial charge in [0, 0.05) is 29.9 Å². The fourth-order valence-corrected chi connectivity index (χ4v) is 3.79. The second kappa shape index (κ2) is 7.03. The first-order valence-corrected chi connectivity index (χ1v) is 9.28. The minimum absolute atomic E-state index is 0.353. The van der Waals surface area contributed by atoms with Crippen LogP contribution in [0.4, 0.5) is 0 Å². The first-order valence-electron chi connectivity index (χ1n) is 9.28. The number of hydrogen-bond acceptors (Lipinski definition) is 5. The first-order chi connectivity index (χ1) is 12.7. The van der Waals surface area contributed by atoms with E-state index in [0.717, 1.165) is 24.8 Å². The number of aryl methyl sites for hydroxylation is 2. The van der Waals surface area contributed by atoms with Gasteiger partial charge in [-0.1, -0.05) is 36.3 Å². The van der Waals surface area contributed by atoms with Crippen molar-refractivity contribution in [2.24, 2.45) is 7.05 Å². The summed E-state index contributed by atoms with van der Waals surface area (Å²) in [5.41, 5.74) is 4.97. The van der Waals surface area contributed by atoms with Crippen molar-refractivity contribution in [1.82, 2.24) is 24.8 Å². The third-order valence-electron chi connectivity index (χ3n) is 5.35. The van der Waals surface area contributed by atoms with Crippen molar-refractivity contribution in [3.63, 3.8) is 0 Å². The van der Waals surface area contributed by atoms with Gasteiger partial charge < -0.3 is 4.52 Å². The molecule has 6 heteroatoms. The molecular formula is C20H25N5O. The van der Waals surface area contributed by atoms with Crippen LogP contribution in [-0.2, 0) is 26.4 Å². The molecule has 4 rings (SSSR count). The van der Waals surface area contributed by atoms with Crippen LogP contribution in [0.5, 0.6) is 0 Å². The van der Waals surface area contributed by atoms with Gasteiger partial charge in [-0.15, -0.1) is 0 Å². The first kappa shape index (κ1) is 17.0. The van der Waals surface area contributed by atoms with Crippen molar-refractivity contribution >= 4 is 0 Å². The van der Waals surface area contributed by atoms with Crippen LogP contribution in [0.25, 0.3) is 11.4 Å². The maximum Gasteiger partial charge on any atom is 0.241 e. The molecule has 0 spiro atoms. The van der Waals surface area contributed by atoms with Crippen LogP contribution in [0, 0.1) is 0 Å². The number of nitrogens with zero attached hydrogens (tertiary/aromatic N) is 5. The van der Waals surface area contributed by atoms with Crippen molar-refractivity contribution in [1.29, 1.82) is 0 Å². The van der Waals surface area contributed by atoms with Crippen LogP contribution in [0.2, 0.25) is 0 Å². The summed E-state index contributed by atoms with van der Waals surface area (Å²) in [7, 11) is 4.14. The van der Waals surface area contributed by atoms with E-state index in [1.165, 1.54) is 23.2 Å². The van der Waals surface area contributed by atoms with Gasteiger partial charge in [-0.3, -0.25) is 9.58 Å². The van der Waals surface area contributed by atoms with Gasteiger partial charge in [-0.2, -0.15) is 10.1 Å². The molecule has 1 aliphatic rings. The maximum atomic E-state index is 5.51. The minimum atomic E-state index is 0.353. The zero-order valence-electron chi connectivity index (χ0n) is 15.6. The standard InChI is InChI=1S/C20H25N5O/c1-4-14-8-10-15(11-9-14)20-22-19(26-23-20)13-24(2)17-6-5-7-18-16(17)12-21-25(18)3/h8-12,17H,4-7,13H2,1-3H3. The molecule has 136 valence electrons. The summed E-state index contributed by atoms with van der Waals surface area (Å²) in [6.07, 6.45) is 6.45. The molecule has 26 heavy (non-hydrogen) atoms. The smallest absolute Gasteiger partial charge is 0.241 e. The second-order valence-electron chi connectivity index (χ2n) is 7.06. The fourth-order valence-electron chi connectivity index (χ4n) is 3.79. The van der Waals surface area contributed by atoms with Gasteiger partial charge in [0.1, 0.15) is 0 Å². The molecule has 6 nitrogen and oxygen atoms in total. The molecule has 2 aromatic heterocycles. The number of aromatic nitrogens is 4. The Balaban J connectivity index is 1.49. The lowest BCUT2D eigenvalue weighted by atomic mass is 9.92. The molecule has 0 bridgehead atoms. The maximum absolute atomic E-state index is 5.51. The topological polar surface area (TPSA) is 60.0 Å². The van der Waals surface area contributed by atoms with Crippen molar-refractivity contribution in [3.8, 4) is 11.4 Å². The normalized spacial score (nSPS) is 16.8. The van der Waals surface area contributed by atoms with E-state index in [9.17, 15) is 0 Å². The highest BCUT2D eigenvalue weighted by Gasteiger charge is 2.27. The molecule has 3 aromatic rings. The van der Waals surface area contributed by atoms with Gasteiger partial charge in [-0.05, 0) is 38.3 Å². The predicted molar refractivity (Wildman–Crippen MR) is 99.5 cm³/mol. The quantitative estimate of drug-likeness (QED) is 0.704. The van der Waals surface area contributed by atoms with Gasteiger partial charge >= 0.3 is 0 Å². The zero-order valence-corrected chi connectivity index (χ0v) is 15.6. The molecule has 1 aromatic carbocycles. The summed E-state index contributed by atoms with van der Waals surface area (Å²) in [4.78, 5) is 6.88. The van der Waals surface area contributed by atoms with Crippen molar-refractivity contribution in [2.75, 3.05) is 7.05 Å². The molecule has 1 unspecified atom stereocenters. The van der Waals surface area contributed by atoms with E-state index in [4.69, 9.17) is 4.52 Å². The van der Waals surface area contributed by atoms with E-state index in [-0.39, 0.29) is 0 Å². The molecular weight excluding hydrogens is 326 g/mol. The number of fused-ring (bicyclic) bond motifs is 1. The lowest BCUT2D eigenvalue weighted by molar-refractivity contribution is 0.186.